The van der Waals surface area contributed by atoms with E-state index in [1.807, 2.05) is 0 Å². The molecule has 0 bridgehead atoms. The van der Waals surface area contributed by atoms with Gasteiger partial charge in [-0.05, 0) is 44.7 Å². The molecule has 0 aliphatic carbocycles. The Morgan fingerprint density at radius 3 is 2.58 bits per heavy atom. The van der Waals surface area contributed by atoms with E-state index >= 15 is 0 Å². The highest BCUT2D eigenvalue weighted by atomic mass is 16.3. The van der Waals surface area contributed by atoms with Gasteiger partial charge in [-0.15, -0.1) is 0 Å². The van der Waals surface area contributed by atoms with Crippen LogP contribution in [0, 0.1) is 19.8 Å². The fraction of sp³-hybridized carbons (Fsp3) is 0.647. The van der Waals surface area contributed by atoms with Crippen LogP contribution in [0.25, 0.3) is 0 Å². The van der Waals surface area contributed by atoms with Crippen molar-refractivity contribution in [3.63, 3.8) is 0 Å². The molecule has 1 heterocycles. The van der Waals surface area contributed by atoms with Crippen LogP contribution in [0.3, 0.4) is 0 Å². The summed E-state index contributed by atoms with van der Waals surface area (Å²) in [6.07, 6.45) is 3.56. The van der Waals surface area contributed by atoms with Crippen molar-refractivity contribution >= 4 is 0 Å². The molecular formula is C17H27NO. The zero-order chi connectivity index (χ0) is 13.8. The van der Waals surface area contributed by atoms with Crippen LogP contribution in [0.1, 0.15) is 49.0 Å². The van der Waals surface area contributed by atoms with Gasteiger partial charge in [0.15, 0.2) is 0 Å². The number of likely N-dealkylation sites (tertiary alicyclic amines) is 1. The van der Waals surface area contributed by atoms with E-state index < -0.39 is 0 Å². The molecule has 1 fully saturated rings. The molecule has 1 saturated heterocycles. The third kappa shape index (κ3) is 4.05. The summed E-state index contributed by atoms with van der Waals surface area (Å²) in [4.78, 5) is 2.42. The van der Waals surface area contributed by atoms with Crippen LogP contribution in [0.2, 0.25) is 0 Å². The first-order valence-corrected chi connectivity index (χ1v) is 7.57. The maximum absolute atomic E-state index is 10.4. The van der Waals surface area contributed by atoms with Crippen molar-refractivity contribution in [3.8, 4) is 0 Å². The summed E-state index contributed by atoms with van der Waals surface area (Å²) in [6.45, 7) is 9.53. The Morgan fingerprint density at radius 2 is 1.95 bits per heavy atom. The molecule has 0 aromatic heterocycles. The second-order valence-corrected chi connectivity index (χ2v) is 6.14. The Kier molecular flexibility index (Phi) is 5.00. The van der Waals surface area contributed by atoms with Crippen LogP contribution in [0.5, 0.6) is 0 Å². The minimum absolute atomic E-state index is 0.348. The van der Waals surface area contributed by atoms with Crippen LogP contribution in [-0.4, -0.2) is 29.6 Å². The van der Waals surface area contributed by atoms with Gasteiger partial charge in [-0.25, -0.2) is 0 Å². The van der Waals surface area contributed by atoms with Gasteiger partial charge in [-0.1, -0.05) is 42.7 Å². The van der Waals surface area contributed by atoms with E-state index in [0.717, 1.165) is 31.1 Å². The summed E-state index contributed by atoms with van der Waals surface area (Å²) < 4.78 is 0. The average molecular weight is 261 g/mol. The van der Waals surface area contributed by atoms with Crippen molar-refractivity contribution in [2.24, 2.45) is 5.92 Å². The molecule has 2 unspecified atom stereocenters. The first-order chi connectivity index (χ1) is 9.08. The predicted molar refractivity (Wildman–Crippen MR) is 80.3 cm³/mol. The van der Waals surface area contributed by atoms with Gasteiger partial charge in [-0.3, -0.25) is 0 Å². The Hall–Kier alpha value is -0.860. The molecular weight excluding hydrogens is 234 g/mol. The molecule has 0 radical (unpaired) electrons. The molecule has 1 aliphatic rings. The number of aliphatic hydroxyl groups is 1. The second-order valence-electron chi connectivity index (χ2n) is 6.14. The van der Waals surface area contributed by atoms with Crippen LogP contribution >= 0.6 is 0 Å². The number of rotatable bonds is 5. The first kappa shape index (κ1) is 14.5. The molecule has 1 aliphatic heterocycles. The molecule has 1 aromatic carbocycles. The van der Waals surface area contributed by atoms with Crippen molar-refractivity contribution < 1.29 is 5.11 Å². The maximum Gasteiger partial charge on any atom is 0.0917 e. The van der Waals surface area contributed by atoms with Crippen molar-refractivity contribution in [1.29, 1.82) is 0 Å². The van der Waals surface area contributed by atoms with E-state index in [4.69, 9.17) is 0 Å². The monoisotopic (exact) mass is 261 g/mol. The largest absolute Gasteiger partial charge is 0.387 e. The SMILES string of the molecule is CCCC1CCN(CC(O)c2cc(C)cc(C)c2)C1. The van der Waals surface area contributed by atoms with Crippen molar-refractivity contribution in [2.45, 2.75) is 46.1 Å². The summed E-state index contributed by atoms with van der Waals surface area (Å²) in [6, 6.07) is 6.37. The lowest BCUT2D eigenvalue weighted by atomic mass is 10.0. The van der Waals surface area contributed by atoms with Gasteiger partial charge in [0, 0.05) is 13.1 Å². The molecule has 2 nitrogen and oxygen atoms in total. The van der Waals surface area contributed by atoms with E-state index in [-0.39, 0.29) is 6.10 Å². The third-order valence-corrected chi connectivity index (χ3v) is 4.13. The van der Waals surface area contributed by atoms with E-state index in [9.17, 15) is 5.11 Å². The van der Waals surface area contributed by atoms with E-state index in [1.165, 1.54) is 30.4 Å². The first-order valence-electron chi connectivity index (χ1n) is 7.57. The molecule has 19 heavy (non-hydrogen) atoms. The van der Waals surface area contributed by atoms with Crippen molar-refractivity contribution in [3.05, 3.63) is 34.9 Å². The van der Waals surface area contributed by atoms with Gasteiger partial charge in [0.25, 0.3) is 0 Å². The zero-order valence-electron chi connectivity index (χ0n) is 12.5. The second kappa shape index (κ2) is 6.53. The summed E-state index contributed by atoms with van der Waals surface area (Å²) in [5, 5.41) is 10.4. The van der Waals surface area contributed by atoms with Crippen LogP contribution in [0.4, 0.5) is 0 Å². The molecule has 1 N–H and O–H groups in total. The predicted octanol–water partition coefficient (Wildman–Crippen LogP) is 3.46. The van der Waals surface area contributed by atoms with Crippen LogP contribution < -0.4 is 0 Å². The van der Waals surface area contributed by atoms with Crippen molar-refractivity contribution in [2.75, 3.05) is 19.6 Å². The fourth-order valence-electron chi connectivity index (χ4n) is 3.27. The number of aliphatic hydroxyl groups excluding tert-OH is 1. The van der Waals surface area contributed by atoms with Crippen molar-refractivity contribution in [1.82, 2.24) is 4.90 Å². The number of β-amino-alcohol motifs (C(OH)–C–C–N with tert-alkyl or cyclic N) is 1. The Balaban J connectivity index is 1.92. The number of nitrogens with zero attached hydrogens (tertiary/aromatic N) is 1. The molecule has 2 heteroatoms. The maximum atomic E-state index is 10.4. The lowest BCUT2D eigenvalue weighted by Gasteiger charge is -2.21. The molecule has 1 aromatic rings. The van der Waals surface area contributed by atoms with E-state index in [1.54, 1.807) is 0 Å². The zero-order valence-corrected chi connectivity index (χ0v) is 12.5. The van der Waals surface area contributed by atoms with Crippen LogP contribution in [-0.2, 0) is 0 Å². The average Bonchev–Trinajstić information content (AvgIpc) is 2.76. The minimum Gasteiger partial charge on any atom is -0.387 e. The Bertz CT molecular complexity index is 395. The van der Waals surface area contributed by atoms with Gasteiger partial charge in [0.1, 0.15) is 0 Å². The number of hydrogen-bond acceptors (Lipinski definition) is 2. The standard InChI is InChI=1S/C17H27NO/c1-4-5-15-6-7-18(11-15)12-17(19)16-9-13(2)8-14(3)10-16/h8-10,15,17,19H,4-7,11-12H2,1-3H3. The topological polar surface area (TPSA) is 23.5 Å². The smallest absolute Gasteiger partial charge is 0.0917 e. The molecule has 0 amide bonds. The Labute approximate surface area is 117 Å². The summed E-state index contributed by atoms with van der Waals surface area (Å²) in [5.74, 6) is 0.844. The highest BCUT2D eigenvalue weighted by Crippen LogP contribution is 2.24. The summed E-state index contributed by atoms with van der Waals surface area (Å²) >= 11 is 0. The summed E-state index contributed by atoms with van der Waals surface area (Å²) in [7, 11) is 0. The van der Waals surface area contributed by atoms with Gasteiger partial charge >= 0.3 is 0 Å². The normalized spacial score (nSPS) is 21.8. The number of benzene rings is 1. The molecule has 2 atom stereocenters. The van der Waals surface area contributed by atoms with Gasteiger partial charge < -0.3 is 10.0 Å². The van der Waals surface area contributed by atoms with Gasteiger partial charge in [-0.2, -0.15) is 0 Å². The number of aryl methyl sites for hydroxylation is 2. The molecule has 106 valence electrons. The molecule has 0 spiro atoms. The minimum atomic E-state index is -0.348. The molecule has 2 rings (SSSR count). The highest BCUT2D eigenvalue weighted by Gasteiger charge is 2.23. The van der Waals surface area contributed by atoms with E-state index in [2.05, 4.69) is 43.9 Å². The number of hydrogen-bond donors (Lipinski definition) is 1. The highest BCUT2D eigenvalue weighted by molar-refractivity contribution is 5.30. The fourth-order valence-corrected chi connectivity index (χ4v) is 3.27. The molecule has 0 saturated carbocycles. The van der Waals surface area contributed by atoms with Gasteiger partial charge in [0.05, 0.1) is 6.10 Å². The van der Waals surface area contributed by atoms with E-state index in [0.29, 0.717) is 0 Å². The Morgan fingerprint density at radius 1 is 1.26 bits per heavy atom. The lowest BCUT2D eigenvalue weighted by molar-refractivity contribution is 0.124. The quantitative estimate of drug-likeness (QED) is 0.877. The van der Waals surface area contributed by atoms with Gasteiger partial charge in [0.2, 0.25) is 0 Å². The lowest BCUT2D eigenvalue weighted by Crippen LogP contribution is -2.26. The summed E-state index contributed by atoms with van der Waals surface area (Å²) in [5.41, 5.74) is 3.54. The van der Waals surface area contributed by atoms with Crippen LogP contribution in [0.15, 0.2) is 18.2 Å². The third-order valence-electron chi connectivity index (χ3n) is 4.13.